The Labute approximate surface area is 74.7 Å². The van der Waals surface area contributed by atoms with E-state index in [1.807, 2.05) is 0 Å². The number of hydrogen-bond acceptors (Lipinski definition) is 1. The highest BCUT2D eigenvalue weighted by atomic mass is 35.5. The average molecular weight is 182 g/mol. The first-order valence-electron chi connectivity index (χ1n) is 3.26. The second kappa shape index (κ2) is 3.89. The minimum Gasteiger partial charge on any atom is -0.206 e. The highest BCUT2D eigenvalue weighted by Crippen LogP contribution is 2.19. The molecule has 0 radical (unpaired) electrons. The molecule has 1 aromatic carbocycles. The lowest BCUT2D eigenvalue weighted by atomic mass is 10.2. The molecule has 0 fully saturated rings. The molecule has 0 spiro atoms. The Morgan fingerprint density at radius 2 is 2.25 bits per heavy atom. The van der Waals surface area contributed by atoms with E-state index in [9.17, 15) is 4.39 Å². The van der Waals surface area contributed by atoms with Gasteiger partial charge in [-0.05, 0) is 18.2 Å². The predicted octanol–water partition coefficient (Wildman–Crippen LogP) is 3.02. The van der Waals surface area contributed by atoms with Gasteiger partial charge in [0.25, 0.3) is 0 Å². The van der Waals surface area contributed by atoms with Crippen molar-refractivity contribution in [3.63, 3.8) is 0 Å². The van der Waals surface area contributed by atoms with E-state index in [-0.39, 0.29) is 5.56 Å². The second-order valence-corrected chi connectivity index (χ2v) is 2.50. The van der Waals surface area contributed by atoms with Crippen molar-refractivity contribution in [2.45, 2.75) is 0 Å². The van der Waals surface area contributed by atoms with Gasteiger partial charge in [-0.15, -0.1) is 0 Å². The van der Waals surface area contributed by atoms with Crippen molar-refractivity contribution in [3.05, 3.63) is 40.7 Å². The molecule has 3 heteroatoms. The van der Waals surface area contributed by atoms with E-state index in [0.717, 1.165) is 0 Å². The first-order valence-corrected chi connectivity index (χ1v) is 3.63. The van der Waals surface area contributed by atoms with Gasteiger partial charge in [0.2, 0.25) is 0 Å². The lowest BCUT2D eigenvalue weighted by molar-refractivity contribution is 0.625. The molecule has 0 N–H and O–H groups in total. The van der Waals surface area contributed by atoms with Gasteiger partial charge >= 0.3 is 0 Å². The summed E-state index contributed by atoms with van der Waals surface area (Å²) in [6, 6.07) is 6.15. The van der Waals surface area contributed by atoms with Gasteiger partial charge in [0, 0.05) is 11.6 Å². The molecule has 0 saturated heterocycles. The molecule has 0 bridgehead atoms. The molecule has 1 rings (SSSR count). The van der Waals surface area contributed by atoms with Gasteiger partial charge in [0.05, 0.1) is 11.1 Å². The Bertz CT molecular complexity index is 332. The van der Waals surface area contributed by atoms with E-state index in [0.29, 0.717) is 5.02 Å². The number of allylic oxidation sites excluding steroid dienone is 1. The van der Waals surface area contributed by atoms with Gasteiger partial charge in [0.15, 0.2) is 0 Å². The maximum atomic E-state index is 12.9. The van der Waals surface area contributed by atoms with Crippen molar-refractivity contribution in [1.82, 2.24) is 0 Å². The van der Waals surface area contributed by atoms with E-state index in [1.165, 1.54) is 24.3 Å². The standard InChI is InChI=1S/C9H5ClFN/c10-8-4-1-5-9(11)7(8)3-2-6-12/h1-5H. The summed E-state index contributed by atoms with van der Waals surface area (Å²) in [5.74, 6) is -0.422. The predicted molar refractivity (Wildman–Crippen MR) is 46.1 cm³/mol. The summed E-state index contributed by atoms with van der Waals surface area (Å²) >= 11 is 5.66. The molecule has 0 heterocycles. The molecule has 0 aliphatic rings. The van der Waals surface area contributed by atoms with Gasteiger partial charge in [-0.2, -0.15) is 5.26 Å². The highest BCUT2D eigenvalue weighted by Gasteiger charge is 2.01. The minimum absolute atomic E-state index is 0.251. The average Bonchev–Trinajstić information content (AvgIpc) is 2.04. The van der Waals surface area contributed by atoms with Gasteiger partial charge in [0.1, 0.15) is 5.82 Å². The van der Waals surface area contributed by atoms with Gasteiger partial charge < -0.3 is 0 Å². The topological polar surface area (TPSA) is 23.8 Å². The highest BCUT2D eigenvalue weighted by molar-refractivity contribution is 6.32. The number of rotatable bonds is 1. The molecule has 0 saturated carbocycles. The van der Waals surface area contributed by atoms with Crippen molar-refractivity contribution < 1.29 is 4.39 Å². The fourth-order valence-corrected chi connectivity index (χ4v) is 1.02. The van der Waals surface area contributed by atoms with Crippen LogP contribution in [0.1, 0.15) is 5.56 Å². The number of nitriles is 1. The summed E-state index contributed by atoms with van der Waals surface area (Å²) in [4.78, 5) is 0. The molecule has 0 unspecified atom stereocenters. The molecule has 60 valence electrons. The molecule has 0 aliphatic carbocycles. The normalized spacial score (nSPS) is 10.1. The van der Waals surface area contributed by atoms with Crippen LogP contribution >= 0.6 is 11.6 Å². The van der Waals surface area contributed by atoms with Crippen LogP contribution in [-0.2, 0) is 0 Å². The Balaban J connectivity index is 3.15. The number of halogens is 2. The van der Waals surface area contributed by atoms with Crippen LogP contribution in [0.5, 0.6) is 0 Å². The van der Waals surface area contributed by atoms with Crippen LogP contribution in [0.3, 0.4) is 0 Å². The smallest absolute Gasteiger partial charge is 0.131 e. The molecule has 1 nitrogen and oxygen atoms in total. The monoisotopic (exact) mass is 181 g/mol. The molecule has 12 heavy (non-hydrogen) atoms. The first kappa shape index (κ1) is 8.76. The third kappa shape index (κ3) is 1.84. The fraction of sp³-hybridized carbons (Fsp3) is 0. The Morgan fingerprint density at radius 1 is 1.50 bits per heavy atom. The molecule has 0 aromatic heterocycles. The molecule has 0 aliphatic heterocycles. The van der Waals surface area contributed by atoms with Crippen molar-refractivity contribution in [2.24, 2.45) is 0 Å². The zero-order chi connectivity index (χ0) is 8.97. The van der Waals surface area contributed by atoms with Crippen LogP contribution in [0, 0.1) is 17.1 Å². The summed E-state index contributed by atoms with van der Waals surface area (Å²) in [6.07, 6.45) is 2.53. The van der Waals surface area contributed by atoms with Crippen molar-refractivity contribution in [3.8, 4) is 6.07 Å². The summed E-state index contributed by atoms with van der Waals surface area (Å²) in [5.41, 5.74) is 0.251. The Morgan fingerprint density at radius 3 is 2.83 bits per heavy atom. The molecular weight excluding hydrogens is 177 g/mol. The van der Waals surface area contributed by atoms with E-state index < -0.39 is 5.82 Å². The van der Waals surface area contributed by atoms with E-state index in [4.69, 9.17) is 16.9 Å². The SMILES string of the molecule is N#CC=Cc1c(F)cccc1Cl. The maximum absolute atomic E-state index is 12.9. The Kier molecular flexibility index (Phi) is 2.84. The summed E-state index contributed by atoms with van der Waals surface area (Å²) < 4.78 is 12.9. The van der Waals surface area contributed by atoms with Crippen LogP contribution in [0.4, 0.5) is 4.39 Å². The zero-order valence-corrected chi connectivity index (χ0v) is 6.85. The van der Waals surface area contributed by atoms with Crippen molar-refractivity contribution >= 4 is 17.7 Å². The third-order valence-electron chi connectivity index (χ3n) is 1.32. The maximum Gasteiger partial charge on any atom is 0.131 e. The summed E-state index contributed by atoms with van der Waals surface area (Å²) in [6.45, 7) is 0. The lowest BCUT2D eigenvalue weighted by Crippen LogP contribution is -1.81. The van der Waals surface area contributed by atoms with Crippen LogP contribution in [0.2, 0.25) is 5.02 Å². The van der Waals surface area contributed by atoms with Crippen LogP contribution in [-0.4, -0.2) is 0 Å². The zero-order valence-electron chi connectivity index (χ0n) is 6.09. The third-order valence-corrected chi connectivity index (χ3v) is 1.65. The summed E-state index contributed by atoms with van der Waals surface area (Å²) in [5, 5.41) is 8.51. The van der Waals surface area contributed by atoms with Gasteiger partial charge in [-0.1, -0.05) is 17.7 Å². The Hall–Kier alpha value is -1.33. The minimum atomic E-state index is -0.422. The summed E-state index contributed by atoms with van der Waals surface area (Å²) in [7, 11) is 0. The largest absolute Gasteiger partial charge is 0.206 e. The van der Waals surface area contributed by atoms with E-state index >= 15 is 0 Å². The van der Waals surface area contributed by atoms with Crippen molar-refractivity contribution in [2.75, 3.05) is 0 Å². The first-order chi connectivity index (χ1) is 5.75. The molecule has 1 aromatic rings. The number of benzene rings is 1. The number of nitrogens with zero attached hydrogens (tertiary/aromatic N) is 1. The number of hydrogen-bond donors (Lipinski definition) is 0. The van der Waals surface area contributed by atoms with Gasteiger partial charge in [-0.3, -0.25) is 0 Å². The fourth-order valence-electron chi connectivity index (χ4n) is 0.791. The van der Waals surface area contributed by atoms with Crippen LogP contribution in [0.25, 0.3) is 6.08 Å². The lowest BCUT2D eigenvalue weighted by Gasteiger charge is -1.97. The molecular formula is C9H5ClFN. The second-order valence-electron chi connectivity index (χ2n) is 2.10. The molecule has 0 atom stereocenters. The van der Waals surface area contributed by atoms with Crippen molar-refractivity contribution in [1.29, 1.82) is 5.26 Å². The quantitative estimate of drug-likeness (QED) is 0.611. The van der Waals surface area contributed by atoms with Crippen LogP contribution in [0.15, 0.2) is 24.3 Å². The molecule has 0 amide bonds. The van der Waals surface area contributed by atoms with E-state index in [2.05, 4.69) is 0 Å². The van der Waals surface area contributed by atoms with Crippen LogP contribution < -0.4 is 0 Å². The van der Waals surface area contributed by atoms with Gasteiger partial charge in [-0.25, -0.2) is 4.39 Å². The van der Waals surface area contributed by atoms with E-state index in [1.54, 1.807) is 12.1 Å².